The van der Waals surface area contributed by atoms with E-state index in [2.05, 4.69) is 4.98 Å². The minimum Gasteiger partial charge on any atom is -0.383 e. The van der Waals surface area contributed by atoms with Crippen molar-refractivity contribution in [3.05, 3.63) is 59.4 Å². The summed E-state index contributed by atoms with van der Waals surface area (Å²) in [5, 5.41) is 0. The van der Waals surface area contributed by atoms with E-state index < -0.39 is 26.7 Å². The summed E-state index contributed by atoms with van der Waals surface area (Å²) in [4.78, 5) is 3.52. The summed E-state index contributed by atoms with van der Waals surface area (Å²) in [6, 6.07) is 6.37. The second kappa shape index (κ2) is 8.15. The zero-order valence-corrected chi connectivity index (χ0v) is 15.1. The number of rotatable bonds is 7. The maximum Gasteiger partial charge on any atom is 0.416 e. The normalized spacial score (nSPS) is 12.5. The van der Waals surface area contributed by atoms with E-state index >= 15 is 0 Å². The third-order valence-corrected chi connectivity index (χ3v) is 5.62. The van der Waals surface area contributed by atoms with Gasteiger partial charge in [-0.1, -0.05) is 12.1 Å². The summed E-state index contributed by atoms with van der Waals surface area (Å²) in [7, 11) is -2.73. The average molecular weight is 388 g/mol. The maximum atomic E-state index is 13.1. The van der Waals surface area contributed by atoms with E-state index in [-0.39, 0.29) is 25.3 Å². The summed E-state index contributed by atoms with van der Waals surface area (Å²) >= 11 is 0. The molecule has 1 aromatic carbocycles. The number of ether oxygens (including phenoxy) is 1. The highest BCUT2D eigenvalue weighted by molar-refractivity contribution is 7.89. The van der Waals surface area contributed by atoms with Gasteiger partial charge in [-0.05, 0) is 36.2 Å². The first kappa shape index (κ1) is 20.3. The first-order chi connectivity index (χ1) is 12.2. The maximum absolute atomic E-state index is 13.1. The Hall–Kier alpha value is -1.97. The van der Waals surface area contributed by atoms with E-state index in [1.54, 1.807) is 18.3 Å². The Morgan fingerprint density at radius 3 is 2.54 bits per heavy atom. The fraction of sp³-hybridized carbons (Fsp3) is 0.353. The van der Waals surface area contributed by atoms with Crippen LogP contribution in [0.25, 0.3) is 0 Å². The van der Waals surface area contributed by atoms with Crippen LogP contribution >= 0.6 is 0 Å². The summed E-state index contributed by atoms with van der Waals surface area (Å²) in [5.41, 5.74) is -0.380. The van der Waals surface area contributed by atoms with Crippen LogP contribution in [0, 0.1) is 6.92 Å². The first-order valence-corrected chi connectivity index (χ1v) is 9.16. The molecule has 26 heavy (non-hydrogen) atoms. The quantitative estimate of drug-likeness (QED) is 0.731. The molecule has 1 heterocycles. The molecule has 0 saturated heterocycles. The lowest BCUT2D eigenvalue weighted by Crippen LogP contribution is -2.33. The van der Waals surface area contributed by atoms with Crippen molar-refractivity contribution >= 4 is 10.0 Å². The van der Waals surface area contributed by atoms with Crippen LogP contribution in [0.2, 0.25) is 0 Å². The molecule has 2 aromatic rings. The SMILES string of the molecule is COCCN(Cc1cccnc1)S(=O)(=O)c1ccc(C)c(C(F)(F)F)c1. The Morgan fingerprint density at radius 1 is 1.23 bits per heavy atom. The van der Waals surface area contributed by atoms with E-state index in [4.69, 9.17) is 4.74 Å². The lowest BCUT2D eigenvalue weighted by atomic mass is 10.1. The third kappa shape index (κ3) is 4.80. The van der Waals surface area contributed by atoms with Crippen LogP contribution < -0.4 is 0 Å². The second-order valence-electron chi connectivity index (χ2n) is 5.67. The highest BCUT2D eigenvalue weighted by Crippen LogP contribution is 2.34. The molecule has 0 spiro atoms. The number of aryl methyl sites for hydroxylation is 1. The molecule has 0 radical (unpaired) electrons. The van der Waals surface area contributed by atoms with Crippen molar-refractivity contribution in [3.63, 3.8) is 0 Å². The summed E-state index contributed by atoms with van der Waals surface area (Å²) < 4.78 is 71.2. The Bertz CT molecular complexity index is 840. The zero-order valence-electron chi connectivity index (χ0n) is 14.3. The minimum absolute atomic E-state index is 0.00293. The molecule has 1 aromatic heterocycles. The van der Waals surface area contributed by atoms with Gasteiger partial charge in [0, 0.05) is 32.6 Å². The Labute approximate surface area is 150 Å². The molecule has 0 unspecified atom stereocenters. The largest absolute Gasteiger partial charge is 0.416 e. The first-order valence-electron chi connectivity index (χ1n) is 7.72. The Morgan fingerprint density at radius 2 is 1.96 bits per heavy atom. The van der Waals surface area contributed by atoms with Crippen molar-refractivity contribution in [1.82, 2.24) is 9.29 Å². The number of alkyl halides is 3. The molecular weight excluding hydrogens is 369 g/mol. The van der Waals surface area contributed by atoms with Gasteiger partial charge >= 0.3 is 6.18 Å². The highest BCUT2D eigenvalue weighted by Gasteiger charge is 2.34. The van der Waals surface area contributed by atoms with Crippen molar-refractivity contribution in [2.45, 2.75) is 24.5 Å². The molecule has 0 bridgehead atoms. The van der Waals surface area contributed by atoms with Crippen LogP contribution in [0.15, 0.2) is 47.6 Å². The highest BCUT2D eigenvalue weighted by atomic mass is 32.2. The van der Waals surface area contributed by atoms with E-state index in [1.807, 2.05) is 0 Å². The molecule has 0 saturated carbocycles. The van der Waals surface area contributed by atoms with Crippen molar-refractivity contribution in [2.24, 2.45) is 0 Å². The molecule has 142 valence electrons. The smallest absolute Gasteiger partial charge is 0.383 e. The van der Waals surface area contributed by atoms with Crippen molar-refractivity contribution in [1.29, 1.82) is 0 Å². The van der Waals surface area contributed by atoms with Gasteiger partial charge in [0.05, 0.1) is 17.1 Å². The van der Waals surface area contributed by atoms with Crippen molar-refractivity contribution < 1.29 is 26.3 Å². The summed E-state index contributed by atoms with van der Waals surface area (Å²) in [5.74, 6) is 0. The van der Waals surface area contributed by atoms with Crippen molar-refractivity contribution in [2.75, 3.05) is 20.3 Å². The number of nitrogens with zero attached hydrogens (tertiary/aromatic N) is 2. The topological polar surface area (TPSA) is 59.5 Å². The fourth-order valence-corrected chi connectivity index (χ4v) is 3.83. The Balaban J connectivity index is 2.43. The number of halogens is 3. The number of hydrogen-bond acceptors (Lipinski definition) is 4. The van der Waals surface area contributed by atoms with Crippen molar-refractivity contribution in [3.8, 4) is 0 Å². The second-order valence-corrected chi connectivity index (χ2v) is 7.61. The molecule has 0 amide bonds. The van der Waals surface area contributed by atoms with Gasteiger partial charge in [-0.2, -0.15) is 17.5 Å². The molecule has 0 aliphatic heterocycles. The molecule has 0 aliphatic rings. The number of aromatic nitrogens is 1. The minimum atomic E-state index is -4.63. The lowest BCUT2D eigenvalue weighted by molar-refractivity contribution is -0.138. The predicted molar refractivity (Wildman–Crippen MR) is 89.9 cm³/mol. The van der Waals surface area contributed by atoms with Gasteiger partial charge in [0.1, 0.15) is 0 Å². The van der Waals surface area contributed by atoms with Crippen LogP contribution in [0.1, 0.15) is 16.7 Å². The standard InChI is InChI=1S/C17H19F3N2O3S/c1-13-5-6-15(10-16(13)17(18,19)20)26(23,24)22(8-9-25-2)12-14-4-3-7-21-11-14/h3-7,10-11H,8-9,12H2,1-2H3. The molecule has 5 nitrogen and oxygen atoms in total. The number of sulfonamides is 1. The molecule has 0 N–H and O–H groups in total. The fourth-order valence-electron chi connectivity index (χ4n) is 2.39. The number of pyridine rings is 1. The molecular formula is C17H19F3N2O3S. The Kier molecular flexibility index (Phi) is 6.38. The lowest BCUT2D eigenvalue weighted by Gasteiger charge is -2.23. The van der Waals surface area contributed by atoms with E-state index in [0.717, 1.165) is 10.4 Å². The number of hydrogen-bond donors (Lipinski definition) is 0. The number of benzene rings is 1. The van der Waals surface area contributed by atoms with Gasteiger partial charge in [-0.25, -0.2) is 8.42 Å². The van der Waals surface area contributed by atoms with Gasteiger partial charge in [0.15, 0.2) is 0 Å². The summed E-state index contributed by atoms with van der Waals surface area (Å²) in [6.45, 7) is 1.38. The molecule has 0 fully saturated rings. The summed E-state index contributed by atoms with van der Waals surface area (Å²) in [6.07, 6.45) is -1.57. The van der Waals surface area contributed by atoms with Gasteiger partial charge in [-0.3, -0.25) is 4.98 Å². The van der Waals surface area contributed by atoms with Crippen LogP contribution in [-0.2, 0) is 27.5 Å². The van der Waals surface area contributed by atoms with Crippen LogP contribution in [0.5, 0.6) is 0 Å². The van der Waals surface area contributed by atoms with Gasteiger partial charge in [-0.15, -0.1) is 0 Å². The van der Waals surface area contributed by atoms with E-state index in [0.29, 0.717) is 11.6 Å². The van der Waals surface area contributed by atoms with Gasteiger partial charge < -0.3 is 4.74 Å². The number of methoxy groups -OCH3 is 1. The average Bonchev–Trinajstić information content (AvgIpc) is 2.58. The third-order valence-electron chi connectivity index (χ3n) is 3.78. The van der Waals surface area contributed by atoms with Crippen LogP contribution in [-0.4, -0.2) is 38.0 Å². The molecule has 0 aliphatic carbocycles. The van der Waals surface area contributed by atoms with Crippen LogP contribution in [0.3, 0.4) is 0 Å². The van der Waals surface area contributed by atoms with Crippen LogP contribution in [0.4, 0.5) is 13.2 Å². The van der Waals surface area contributed by atoms with E-state index in [9.17, 15) is 21.6 Å². The van der Waals surface area contributed by atoms with Gasteiger partial charge in [0.2, 0.25) is 10.0 Å². The zero-order chi connectivity index (χ0) is 19.4. The molecule has 0 atom stereocenters. The molecule has 2 rings (SSSR count). The molecule has 9 heteroatoms. The van der Waals surface area contributed by atoms with E-state index in [1.165, 1.54) is 26.3 Å². The van der Waals surface area contributed by atoms with Gasteiger partial charge in [0.25, 0.3) is 0 Å². The predicted octanol–water partition coefficient (Wildman–Crippen LogP) is 3.25. The monoisotopic (exact) mass is 388 g/mol.